The van der Waals surface area contributed by atoms with Crippen LogP contribution in [0.4, 0.5) is 0 Å². The van der Waals surface area contributed by atoms with Crippen molar-refractivity contribution >= 4 is 6.08 Å². The van der Waals surface area contributed by atoms with Crippen LogP contribution in [0.3, 0.4) is 0 Å². The van der Waals surface area contributed by atoms with Gasteiger partial charge in [0, 0.05) is 0 Å². The van der Waals surface area contributed by atoms with Gasteiger partial charge in [0.1, 0.15) is 12.4 Å². The van der Waals surface area contributed by atoms with Crippen LogP contribution in [0.2, 0.25) is 0 Å². The summed E-state index contributed by atoms with van der Waals surface area (Å²) in [5.74, 6) is 0.937. The Morgan fingerprint density at radius 2 is 1.71 bits per heavy atom. The second-order valence-corrected chi connectivity index (χ2v) is 5.51. The zero-order valence-corrected chi connectivity index (χ0v) is 13.2. The predicted molar refractivity (Wildman–Crippen MR) is 90.7 cm³/mol. The summed E-state index contributed by atoms with van der Waals surface area (Å²) in [4.78, 5) is 0. The van der Waals surface area contributed by atoms with Crippen molar-refractivity contribution in [3.05, 3.63) is 70.8 Å². The smallest absolute Gasteiger partial charge is 0.119 e. The first kappa shape index (κ1) is 15.4. The van der Waals surface area contributed by atoms with Crippen LogP contribution in [0.25, 0.3) is 6.08 Å². The highest BCUT2D eigenvalue weighted by atomic mass is 16.5. The standard InChI is InChI=1S/C20H24O/c1-4-7-18(14-19-9-6-5-8-17(19)3)15-21-20-12-10-16(2)11-13-20/h5-6,8-14H,4,7,15H2,1-3H3/b18-14+. The molecule has 21 heavy (non-hydrogen) atoms. The minimum absolute atomic E-state index is 0.658. The number of rotatable bonds is 6. The van der Waals surface area contributed by atoms with Crippen molar-refractivity contribution in [2.24, 2.45) is 0 Å². The molecular weight excluding hydrogens is 256 g/mol. The van der Waals surface area contributed by atoms with Crippen LogP contribution in [-0.4, -0.2) is 6.61 Å². The van der Waals surface area contributed by atoms with Crippen molar-refractivity contribution in [3.63, 3.8) is 0 Å². The highest BCUT2D eigenvalue weighted by Gasteiger charge is 2.01. The average molecular weight is 280 g/mol. The van der Waals surface area contributed by atoms with Gasteiger partial charge in [-0.2, -0.15) is 0 Å². The Kier molecular flexibility index (Phi) is 5.62. The molecule has 2 aromatic rings. The fourth-order valence-corrected chi connectivity index (χ4v) is 2.29. The SMILES string of the molecule is CCC/C(=C\c1ccccc1C)COc1ccc(C)cc1. The summed E-state index contributed by atoms with van der Waals surface area (Å²) in [5, 5.41) is 0. The van der Waals surface area contributed by atoms with Crippen molar-refractivity contribution in [3.8, 4) is 5.75 Å². The molecule has 2 aromatic carbocycles. The van der Waals surface area contributed by atoms with E-state index >= 15 is 0 Å². The van der Waals surface area contributed by atoms with E-state index in [-0.39, 0.29) is 0 Å². The Morgan fingerprint density at radius 1 is 1.00 bits per heavy atom. The molecule has 1 nitrogen and oxygen atoms in total. The van der Waals surface area contributed by atoms with Crippen molar-refractivity contribution < 1.29 is 4.74 Å². The maximum absolute atomic E-state index is 5.92. The lowest BCUT2D eigenvalue weighted by Crippen LogP contribution is -2.01. The molecule has 110 valence electrons. The summed E-state index contributed by atoms with van der Waals surface area (Å²) in [6.45, 7) is 7.10. The van der Waals surface area contributed by atoms with E-state index in [1.807, 2.05) is 12.1 Å². The summed E-state index contributed by atoms with van der Waals surface area (Å²) in [6, 6.07) is 16.7. The molecule has 0 saturated carbocycles. The molecule has 0 aliphatic rings. The second-order valence-electron chi connectivity index (χ2n) is 5.51. The average Bonchev–Trinajstić information content (AvgIpc) is 2.49. The van der Waals surface area contributed by atoms with Crippen molar-refractivity contribution in [2.45, 2.75) is 33.6 Å². The first-order valence-electron chi connectivity index (χ1n) is 7.63. The topological polar surface area (TPSA) is 9.23 Å². The molecule has 0 N–H and O–H groups in total. The number of ether oxygens (including phenoxy) is 1. The minimum Gasteiger partial charge on any atom is -0.489 e. The van der Waals surface area contributed by atoms with Gasteiger partial charge in [0.2, 0.25) is 0 Å². The van der Waals surface area contributed by atoms with Crippen LogP contribution in [-0.2, 0) is 0 Å². The third kappa shape index (κ3) is 4.78. The van der Waals surface area contributed by atoms with Crippen LogP contribution in [0.15, 0.2) is 54.1 Å². The van der Waals surface area contributed by atoms with Gasteiger partial charge < -0.3 is 4.74 Å². The van der Waals surface area contributed by atoms with Gasteiger partial charge >= 0.3 is 0 Å². The highest BCUT2D eigenvalue weighted by Crippen LogP contribution is 2.18. The predicted octanol–water partition coefficient (Wildman–Crippen LogP) is 5.57. The normalized spacial score (nSPS) is 11.5. The maximum Gasteiger partial charge on any atom is 0.119 e. The summed E-state index contributed by atoms with van der Waals surface area (Å²) in [5.41, 5.74) is 5.19. The van der Waals surface area contributed by atoms with Gasteiger partial charge in [-0.3, -0.25) is 0 Å². The summed E-state index contributed by atoms with van der Waals surface area (Å²) >= 11 is 0. The van der Waals surface area contributed by atoms with Crippen LogP contribution in [0.5, 0.6) is 5.75 Å². The number of hydrogen-bond donors (Lipinski definition) is 0. The Hall–Kier alpha value is -2.02. The van der Waals surface area contributed by atoms with Gasteiger partial charge in [-0.15, -0.1) is 0 Å². The van der Waals surface area contributed by atoms with Crippen LogP contribution in [0.1, 0.15) is 36.5 Å². The fourth-order valence-electron chi connectivity index (χ4n) is 2.29. The zero-order valence-electron chi connectivity index (χ0n) is 13.2. The molecule has 2 rings (SSSR count). The molecule has 0 fully saturated rings. The molecule has 0 heterocycles. The first-order chi connectivity index (χ1) is 10.2. The Labute approximate surface area is 128 Å². The fraction of sp³-hybridized carbons (Fsp3) is 0.300. The number of aryl methyl sites for hydroxylation is 2. The zero-order chi connectivity index (χ0) is 15.1. The summed E-state index contributed by atoms with van der Waals surface area (Å²) in [7, 11) is 0. The molecule has 0 aliphatic carbocycles. The van der Waals surface area contributed by atoms with Gasteiger partial charge in [0.05, 0.1) is 0 Å². The van der Waals surface area contributed by atoms with E-state index in [2.05, 4.69) is 63.2 Å². The Balaban J connectivity index is 2.08. The van der Waals surface area contributed by atoms with Gasteiger partial charge in [0.15, 0.2) is 0 Å². The van der Waals surface area contributed by atoms with Crippen LogP contribution < -0.4 is 4.74 Å². The van der Waals surface area contributed by atoms with Gasteiger partial charge in [0.25, 0.3) is 0 Å². The van der Waals surface area contributed by atoms with E-state index in [0.29, 0.717) is 6.61 Å². The Bertz CT molecular complexity index is 593. The summed E-state index contributed by atoms with van der Waals surface area (Å²) < 4.78 is 5.92. The third-order valence-corrected chi connectivity index (χ3v) is 3.56. The van der Waals surface area contributed by atoms with E-state index in [1.54, 1.807) is 0 Å². The lowest BCUT2D eigenvalue weighted by Gasteiger charge is -2.11. The van der Waals surface area contributed by atoms with Crippen molar-refractivity contribution in [1.82, 2.24) is 0 Å². The minimum atomic E-state index is 0.658. The number of benzene rings is 2. The molecule has 0 radical (unpaired) electrons. The summed E-state index contributed by atoms with van der Waals surface area (Å²) in [6.07, 6.45) is 4.47. The lowest BCUT2D eigenvalue weighted by atomic mass is 10.0. The highest BCUT2D eigenvalue weighted by molar-refractivity contribution is 5.56. The van der Waals surface area contributed by atoms with E-state index in [0.717, 1.165) is 18.6 Å². The molecule has 1 heteroatoms. The van der Waals surface area contributed by atoms with Gasteiger partial charge in [-0.05, 0) is 49.1 Å². The molecule has 0 aliphatic heterocycles. The van der Waals surface area contributed by atoms with E-state index in [9.17, 15) is 0 Å². The molecule has 0 unspecified atom stereocenters. The molecule has 0 spiro atoms. The van der Waals surface area contributed by atoms with E-state index < -0.39 is 0 Å². The molecule has 0 atom stereocenters. The second kappa shape index (κ2) is 7.68. The molecule has 0 bridgehead atoms. The van der Waals surface area contributed by atoms with Gasteiger partial charge in [-0.1, -0.05) is 61.4 Å². The third-order valence-electron chi connectivity index (χ3n) is 3.56. The van der Waals surface area contributed by atoms with Gasteiger partial charge in [-0.25, -0.2) is 0 Å². The van der Waals surface area contributed by atoms with Crippen LogP contribution in [0, 0.1) is 13.8 Å². The Morgan fingerprint density at radius 3 is 2.38 bits per heavy atom. The quantitative estimate of drug-likeness (QED) is 0.672. The first-order valence-corrected chi connectivity index (χ1v) is 7.63. The molecular formula is C20H24O. The monoisotopic (exact) mass is 280 g/mol. The van der Waals surface area contributed by atoms with E-state index in [1.165, 1.54) is 22.3 Å². The van der Waals surface area contributed by atoms with Crippen molar-refractivity contribution in [2.75, 3.05) is 6.61 Å². The lowest BCUT2D eigenvalue weighted by molar-refractivity contribution is 0.348. The molecule has 0 aromatic heterocycles. The molecule has 0 amide bonds. The number of hydrogen-bond acceptors (Lipinski definition) is 1. The maximum atomic E-state index is 5.92. The van der Waals surface area contributed by atoms with Crippen LogP contribution >= 0.6 is 0 Å². The largest absolute Gasteiger partial charge is 0.489 e. The molecule has 0 saturated heterocycles. The van der Waals surface area contributed by atoms with E-state index in [4.69, 9.17) is 4.74 Å². The van der Waals surface area contributed by atoms with Crippen molar-refractivity contribution in [1.29, 1.82) is 0 Å².